The molecule has 1 saturated heterocycles. The number of phenols is 1. The van der Waals surface area contributed by atoms with Gasteiger partial charge in [-0.2, -0.15) is 5.26 Å². The van der Waals surface area contributed by atoms with Crippen molar-refractivity contribution in [2.75, 3.05) is 11.9 Å². The van der Waals surface area contributed by atoms with Gasteiger partial charge in [0.2, 0.25) is 0 Å². The Labute approximate surface area is 135 Å². The topological polar surface area (TPSA) is 65.3 Å². The molecule has 2 aromatic rings. The third-order valence-electron chi connectivity index (χ3n) is 4.82. The molecule has 2 aliphatic heterocycles. The van der Waals surface area contributed by atoms with Crippen molar-refractivity contribution < 1.29 is 9.84 Å². The summed E-state index contributed by atoms with van der Waals surface area (Å²) in [4.78, 5) is 0. The summed E-state index contributed by atoms with van der Waals surface area (Å²) >= 11 is 0. The summed E-state index contributed by atoms with van der Waals surface area (Å²) in [7, 11) is 0. The molecule has 0 aromatic heterocycles. The van der Waals surface area contributed by atoms with Gasteiger partial charge >= 0.3 is 0 Å². The molecule has 0 bridgehead atoms. The Morgan fingerprint density at radius 3 is 2.96 bits per heavy atom. The zero-order chi connectivity index (χ0) is 15.8. The predicted octanol–water partition coefficient (Wildman–Crippen LogP) is 3.90. The maximum Gasteiger partial charge on any atom is 0.115 e. The average molecular weight is 306 g/mol. The van der Waals surface area contributed by atoms with E-state index >= 15 is 0 Å². The van der Waals surface area contributed by atoms with Crippen LogP contribution in [-0.2, 0) is 4.74 Å². The molecule has 0 amide bonds. The van der Waals surface area contributed by atoms with Crippen LogP contribution in [0.5, 0.6) is 5.75 Å². The first-order chi connectivity index (χ1) is 11.3. The summed E-state index contributed by atoms with van der Waals surface area (Å²) in [6, 6.07) is 15.4. The van der Waals surface area contributed by atoms with Crippen molar-refractivity contribution in [1.29, 1.82) is 5.26 Å². The molecule has 0 saturated carbocycles. The first-order valence-electron chi connectivity index (χ1n) is 7.97. The minimum absolute atomic E-state index is 0.000601. The second-order valence-corrected chi connectivity index (χ2v) is 6.23. The van der Waals surface area contributed by atoms with E-state index in [1.54, 1.807) is 6.07 Å². The van der Waals surface area contributed by atoms with E-state index in [0.717, 1.165) is 36.3 Å². The molecular weight excluding hydrogens is 288 g/mol. The molecule has 2 aliphatic rings. The molecule has 4 rings (SSSR count). The van der Waals surface area contributed by atoms with Gasteiger partial charge < -0.3 is 15.2 Å². The molecule has 4 nitrogen and oxygen atoms in total. The van der Waals surface area contributed by atoms with Gasteiger partial charge in [-0.1, -0.05) is 12.1 Å². The van der Waals surface area contributed by atoms with Crippen LogP contribution in [0.4, 0.5) is 5.69 Å². The lowest BCUT2D eigenvalue weighted by molar-refractivity contribution is -0.0381. The van der Waals surface area contributed by atoms with Crippen LogP contribution >= 0.6 is 0 Å². The lowest BCUT2D eigenvalue weighted by Crippen LogP contribution is -2.36. The molecule has 116 valence electrons. The van der Waals surface area contributed by atoms with Crippen molar-refractivity contribution in [2.24, 2.45) is 5.92 Å². The summed E-state index contributed by atoms with van der Waals surface area (Å²) < 4.78 is 6.08. The van der Waals surface area contributed by atoms with Crippen LogP contribution in [0.3, 0.4) is 0 Å². The molecule has 23 heavy (non-hydrogen) atoms. The molecule has 3 atom stereocenters. The number of fused-ring (bicyclic) bond motifs is 3. The lowest BCUT2D eigenvalue weighted by atomic mass is 9.77. The molecule has 2 N–H and O–H groups in total. The summed E-state index contributed by atoms with van der Waals surface area (Å²) in [5.41, 5.74) is 3.82. The van der Waals surface area contributed by atoms with E-state index in [9.17, 15) is 5.11 Å². The van der Waals surface area contributed by atoms with Gasteiger partial charge in [0.25, 0.3) is 0 Å². The number of nitriles is 1. The minimum Gasteiger partial charge on any atom is -0.508 e. The SMILES string of the molecule is N#Cc1ccc2c(c1)[C@@H]1OCCC[C@@H]1[C@@H](c1cccc(O)c1)N2. The van der Waals surface area contributed by atoms with Crippen molar-refractivity contribution in [2.45, 2.75) is 25.0 Å². The fourth-order valence-corrected chi connectivity index (χ4v) is 3.79. The molecule has 1 fully saturated rings. The van der Waals surface area contributed by atoms with Crippen molar-refractivity contribution in [3.8, 4) is 11.8 Å². The van der Waals surface area contributed by atoms with Gasteiger partial charge in [-0.15, -0.1) is 0 Å². The first-order valence-corrected chi connectivity index (χ1v) is 7.97. The van der Waals surface area contributed by atoms with Crippen LogP contribution in [0.15, 0.2) is 42.5 Å². The summed E-state index contributed by atoms with van der Waals surface area (Å²) in [6.45, 7) is 0.754. The van der Waals surface area contributed by atoms with Crippen LogP contribution < -0.4 is 5.32 Å². The largest absolute Gasteiger partial charge is 0.508 e. The zero-order valence-electron chi connectivity index (χ0n) is 12.7. The number of anilines is 1. The van der Waals surface area contributed by atoms with Gasteiger partial charge in [0.05, 0.1) is 23.8 Å². The predicted molar refractivity (Wildman–Crippen MR) is 87.0 cm³/mol. The number of nitrogens with one attached hydrogen (secondary N) is 1. The molecule has 0 aliphatic carbocycles. The summed E-state index contributed by atoms with van der Waals surface area (Å²) in [6.07, 6.45) is 2.10. The number of aromatic hydroxyl groups is 1. The summed E-state index contributed by atoms with van der Waals surface area (Å²) in [5, 5.41) is 22.6. The average Bonchev–Trinajstić information content (AvgIpc) is 2.60. The first kappa shape index (κ1) is 14.1. The molecular formula is C19H18N2O2. The lowest BCUT2D eigenvalue weighted by Gasteiger charge is -2.43. The van der Waals surface area contributed by atoms with Crippen LogP contribution in [-0.4, -0.2) is 11.7 Å². The second-order valence-electron chi connectivity index (χ2n) is 6.23. The third kappa shape index (κ3) is 2.43. The standard InChI is InChI=1S/C19H18N2O2/c20-11-12-6-7-17-16(9-12)19-15(5-2-8-23-19)18(21-17)13-3-1-4-14(22)10-13/h1,3-4,6-7,9-10,15,18-19,21-22H,2,5,8H2/t15-,18-,19-/m1/s1. The number of hydrogen-bond donors (Lipinski definition) is 2. The van der Waals surface area contributed by atoms with E-state index in [1.165, 1.54) is 0 Å². The van der Waals surface area contributed by atoms with Crippen molar-refractivity contribution in [1.82, 2.24) is 0 Å². The quantitative estimate of drug-likeness (QED) is 0.838. The normalized spacial score (nSPS) is 25.6. The number of rotatable bonds is 1. The highest BCUT2D eigenvalue weighted by Gasteiger charge is 2.39. The number of benzene rings is 2. The molecule has 0 spiro atoms. The van der Waals surface area contributed by atoms with Crippen LogP contribution in [0, 0.1) is 17.2 Å². The highest BCUT2D eigenvalue weighted by molar-refractivity contribution is 5.59. The van der Waals surface area contributed by atoms with E-state index < -0.39 is 0 Å². The van der Waals surface area contributed by atoms with E-state index in [1.807, 2.05) is 36.4 Å². The highest BCUT2D eigenvalue weighted by Crippen LogP contribution is 2.49. The number of ether oxygens (including phenoxy) is 1. The third-order valence-corrected chi connectivity index (χ3v) is 4.82. The smallest absolute Gasteiger partial charge is 0.115 e. The van der Waals surface area contributed by atoms with E-state index in [2.05, 4.69) is 11.4 Å². The number of nitrogens with zero attached hydrogens (tertiary/aromatic N) is 1. The Hall–Kier alpha value is -2.51. The van der Waals surface area contributed by atoms with Gasteiger partial charge in [0.15, 0.2) is 0 Å². The van der Waals surface area contributed by atoms with Gasteiger partial charge in [0, 0.05) is 23.8 Å². The van der Waals surface area contributed by atoms with Crippen LogP contribution in [0.2, 0.25) is 0 Å². The fraction of sp³-hybridized carbons (Fsp3) is 0.316. The Balaban J connectivity index is 1.79. The Bertz CT molecular complexity index is 781. The van der Waals surface area contributed by atoms with Gasteiger partial charge in [0.1, 0.15) is 5.75 Å². The Kier molecular flexibility index (Phi) is 3.44. The maximum atomic E-state index is 9.81. The fourth-order valence-electron chi connectivity index (χ4n) is 3.79. The van der Waals surface area contributed by atoms with Crippen molar-refractivity contribution in [3.05, 3.63) is 59.2 Å². The van der Waals surface area contributed by atoms with Gasteiger partial charge in [-0.25, -0.2) is 0 Å². The molecule has 2 heterocycles. The van der Waals surface area contributed by atoms with Crippen LogP contribution in [0.1, 0.15) is 41.7 Å². The summed E-state index contributed by atoms with van der Waals surface area (Å²) in [5.74, 6) is 0.579. The number of phenolic OH excluding ortho intramolecular Hbond substituents is 1. The molecule has 4 heteroatoms. The number of hydrogen-bond acceptors (Lipinski definition) is 4. The van der Waals surface area contributed by atoms with Crippen LogP contribution in [0.25, 0.3) is 0 Å². The van der Waals surface area contributed by atoms with Gasteiger partial charge in [-0.3, -0.25) is 0 Å². The van der Waals surface area contributed by atoms with E-state index in [0.29, 0.717) is 11.5 Å². The molecule has 0 radical (unpaired) electrons. The van der Waals surface area contributed by atoms with Crippen molar-refractivity contribution in [3.63, 3.8) is 0 Å². The molecule has 0 unspecified atom stereocenters. The van der Waals surface area contributed by atoms with E-state index in [-0.39, 0.29) is 17.9 Å². The monoisotopic (exact) mass is 306 g/mol. The minimum atomic E-state index is 0.000601. The second kappa shape index (κ2) is 5.60. The molecule has 2 aromatic carbocycles. The van der Waals surface area contributed by atoms with Crippen molar-refractivity contribution >= 4 is 5.69 Å². The Morgan fingerprint density at radius 2 is 2.13 bits per heavy atom. The van der Waals surface area contributed by atoms with E-state index in [4.69, 9.17) is 10.00 Å². The highest BCUT2D eigenvalue weighted by atomic mass is 16.5. The Morgan fingerprint density at radius 1 is 1.22 bits per heavy atom. The van der Waals surface area contributed by atoms with Gasteiger partial charge in [-0.05, 0) is 48.7 Å². The zero-order valence-corrected chi connectivity index (χ0v) is 12.7. The maximum absolute atomic E-state index is 9.81.